The lowest BCUT2D eigenvalue weighted by atomic mass is 10.2. The average Bonchev–Trinajstić information content (AvgIpc) is 2.40. The van der Waals surface area contributed by atoms with Crippen LogP contribution < -0.4 is 10.2 Å². The molecule has 4 heteroatoms. The smallest absolute Gasteiger partial charge is 0.131 e. The van der Waals surface area contributed by atoms with E-state index in [9.17, 15) is 0 Å². The summed E-state index contributed by atoms with van der Waals surface area (Å²) in [5.74, 6) is 1.30. The summed E-state index contributed by atoms with van der Waals surface area (Å²) in [5.41, 5.74) is 2.27. The first-order valence-electron chi connectivity index (χ1n) is 6.62. The van der Waals surface area contributed by atoms with Crippen molar-refractivity contribution in [3.05, 3.63) is 29.9 Å². The highest BCUT2D eigenvalue weighted by Crippen LogP contribution is 2.22. The van der Waals surface area contributed by atoms with Crippen molar-refractivity contribution in [1.29, 1.82) is 0 Å². The molecule has 1 aromatic heterocycles. The summed E-state index contributed by atoms with van der Waals surface area (Å²) in [7, 11) is 1.96. The maximum absolute atomic E-state index is 4.70. The van der Waals surface area contributed by atoms with E-state index in [0.717, 1.165) is 43.3 Å². The molecule has 4 nitrogen and oxygen atoms in total. The summed E-state index contributed by atoms with van der Waals surface area (Å²) in [6.07, 6.45) is 7.53. The molecule has 0 amide bonds. The highest BCUT2D eigenvalue weighted by molar-refractivity contribution is 5.50. The molecule has 0 radical (unpaired) electrons. The minimum absolute atomic E-state index is 0.371. The Morgan fingerprint density at radius 1 is 1.39 bits per heavy atom. The second kappa shape index (κ2) is 5.96. The Morgan fingerprint density at radius 3 is 2.83 bits per heavy atom. The van der Waals surface area contributed by atoms with Crippen LogP contribution in [0.3, 0.4) is 0 Å². The number of hydrogen-bond acceptors (Lipinski definition) is 4. The summed E-state index contributed by atoms with van der Waals surface area (Å²) < 4.78 is 0. The maximum atomic E-state index is 4.70. The van der Waals surface area contributed by atoms with Gasteiger partial charge in [-0.1, -0.05) is 26.0 Å². The zero-order valence-electron chi connectivity index (χ0n) is 11.5. The first-order valence-corrected chi connectivity index (χ1v) is 6.62. The molecule has 1 aliphatic rings. The molecule has 98 valence electrons. The standard InChI is InChI=1S/C14H22N4/c1-11(2)14-16-10-13(12(17-14)9-15-3)18-7-5-4-6-8-18/h4-5,10-11,15H,6-9H2,1-3H3. The molecule has 0 bridgehead atoms. The van der Waals surface area contributed by atoms with Gasteiger partial charge in [-0.25, -0.2) is 9.97 Å². The van der Waals surface area contributed by atoms with Crippen LogP contribution in [0.15, 0.2) is 18.3 Å². The van der Waals surface area contributed by atoms with Gasteiger partial charge < -0.3 is 10.2 Å². The molecule has 1 aromatic rings. The number of nitrogens with zero attached hydrogens (tertiary/aromatic N) is 3. The van der Waals surface area contributed by atoms with Crippen molar-refractivity contribution in [3.63, 3.8) is 0 Å². The molecule has 0 aromatic carbocycles. The van der Waals surface area contributed by atoms with Gasteiger partial charge in [-0.2, -0.15) is 0 Å². The molecule has 0 unspecified atom stereocenters. The van der Waals surface area contributed by atoms with Crippen LogP contribution in [0.25, 0.3) is 0 Å². The molecule has 0 fully saturated rings. The third-order valence-electron chi connectivity index (χ3n) is 3.12. The normalized spacial score (nSPS) is 15.4. The number of aromatic nitrogens is 2. The van der Waals surface area contributed by atoms with Gasteiger partial charge in [0.05, 0.1) is 17.6 Å². The van der Waals surface area contributed by atoms with Gasteiger partial charge >= 0.3 is 0 Å². The van der Waals surface area contributed by atoms with Crippen molar-refractivity contribution in [3.8, 4) is 0 Å². The fourth-order valence-corrected chi connectivity index (χ4v) is 2.13. The molecule has 2 rings (SSSR count). The van der Waals surface area contributed by atoms with E-state index in [-0.39, 0.29) is 0 Å². The Morgan fingerprint density at radius 2 is 2.22 bits per heavy atom. The van der Waals surface area contributed by atoms with Gasteiger partial charge in [0.25, 0.3) is 0 Å². The third kappa shape index (κ3) is 2.88. The van der Waals surface area contributed by atoms with E-state index in [1.54, 1.807) is 0 Å². The second-order valence-electron chi connectivity index (χ2n) is 4.95. The van der Waals surface area contributed by atoms with Crippen molar-refractivity contribution in [2.45, 2.75) is 32.7 Å². The summed E-state index contributed by atoms with van der Waals surface area (Å²) in [5, 5.41) is 3.19. The average molecular weight is 246 g/mol. The van der Waals surface area contributed by atoms with Crippen molar-refractivity contribution >= 4 is 5.69 Å². The summed E-state index contributed by atoms with van der Waals surface area (Å²) >= 11 is 0. The maximum Gasteiger partial charge on any atom is 0.131 e. The summed E-state index contributed by atoms with van der Waals surface area (Å²) in [6, 6.07) is 0. The molecule has 18 heavy (non-hydrogen) atoms. The van der Waals surface area contributed by atoms with E-state index in [1.807, 2.05) is 13.2 Å². The third-order valence-corrected chi connectivity index (χ3v) is 3.12. The Kier molecular flexibility index (Phi) is 4.31. The predicted octanol–water partition coefficient (Wildman–Crippen LogP) is 2.09. The lowest BCUT2D eigenvalue weighted by Gasteiger charge is -2.27. The minimum atomic E-state index is 0.371. The minimum Gasteiger partial charge on any atom is -0.365 e. The van der Waals surface area contributed by atoms with E-state index in [0.29, 0.717) is 5.92 Å². The Bertz CT molecular complexity index is 426. The zero-order chi connectivity index (χ0) is 13.0. The highest BCUT2D eigenvalue weighted by atomic mass is 15.2. The highest BCUT2D eigenvalue weighted by Gasteiger charge is 2.15. The van der Waals surface area contributed by atoms with E-state index < -0.39 is 0 Å². The molecule has 1 aliphatic heterocycles. The molecule has 1 N–H and O–H groups in total. The van der Waals surface area contributed by atoms with Crippen LogP contribution >= 0.6 is 0 Å². The van der Waals surface area contributed by atoms with Gasteiger partial charge in [0.2, 0.25) is 0 Å². The van der Waals surface area contributed by atoms with E-state index in [1.165, 1.54) is 0 Å². The largest absolute Gasteiger partial charge is 0.365 e. The molecule has 0 saturated heterocycles. The van der Waals surface area contributed by atoms with Crippen molar-refractivity contribution < 1.29 is 0 Å². The van der Waals surface area contributed by atoms with Crippen molar-refractivity contribution in [2.24, 2.45) is 0 Å². The van der Waals surface area contributed by atoms with Gasteiger partial charge in [-0.05, 0) is 13.5 Å². The van der Waals surface area contributed by atoms with Gasteiger partial charge in [0.1, 0.15) is 5.82 Å². The van der Waals surface area contributed by atoms with Crippen molar-refractivity contribution in [2.75, 3.05) is 25.0 Å². The van der Waals surface area contributed by atoms with Crippen molar-refractivity contribution in [1.82, 2.24) is 15.3 Å². The first kappa shape index (κ1) is 13.0. The molecule has 0 atom stereocenters. The lowest BCUT2D eigenvalue weighted by Crippen LogP contribution is -2.29. The number of nitrogens with one attached hydrogen (secondary N) is 1. The fraction of sp³-hybridized carbons (Fsp3) is 0.571. The molecular formula is C14H22N4. The Labute approximate surface area is 109 Å². The fourth-order valence-electron chi connectivity index (χ4n) is 2.13. The van der Waals surface area contributed by atoms with Gasteiger partial charge in [-0.15, -0.1) is 0 Å². The van der Waals surface area contributed by atoms with Crippen LogP contribution in [0.1, 0.15) is 37.7 Å². The summed E-state index contributed by atoms with van der Waals surface area (Å²) in [6.45, 7) is 7.06. The van der Waals surface area contributed by atoms with Crippen LogP contribution in [0.4, 0.5) is 5.69 Å². The van der Waals surface area contributed by atoms with Crippen LogP contribution in [-0.2, 0) is 6.54 Å². The quantitative estimate of drug-likeness (QED) is 0.826. The topological polar surface area (TPSA) is 41.1 Å². The molecule has 2 heterocycles. The Balaban J connectivity index is 2.30. The number of rotatable bonds is 4. The van der Waals surface area contributed by atoms with Gasteiger partial charge in [0.15, 0.2) is 0 Å². The van der Waals surface area contributed by atoms with Crippen LogP contribution in [0.5, 0.6) is 0 Å². The van der Waals surface area contributed by atoms with Gasteiger partial charge in [0, 0.05) is 25.6 Å². The van der Waals surface area contributed by atoms with E-state index in [4.69, 9.17) is 4.98 Å². The van der Waals surface area contributed by atoms with E-state index >= 15 is 0 Å². The molecule has 0 spiro atoms. The zero-order valence-corrected chi connectivity index (χ0v) is 11.5. The number of anilines is 1. The van der Waals surface area contributed by atoms with Crippen LogP contribution in [0.2, 0.25) is 0 Å². The predicted molar refractivity (Wildman–Crippen MR) is 74.9 cm³/mol. The van der Waals surface area contributed by atoms with Crippen LogP contribution in [-0.4, -0.2) is 30.1 Å². The molecule has 0 saturated carbocycles. The monoisotopic (exact) mass is 246 g/mol. The lowest BCUT2D eigenvalue weighted by molar-refractivity contribution is 0.712. The van der Waals surface area contributed by atoms with Gasteiger partial charge in [-0.3, -0.25) is 0 Å². The molecular weight excluding hydrogens is 224 g/mol. The second-order valence-corrected chi connectivity index (χ2v) is 4.95. The first-order chi connectivity index (χ1) is 8.72. The number of hydrogen-bond donors (Lipinski definition) is 1. The van der Waals surface area contributed by atoms with E-state index in [2.05, 4.69) is 41.2 Å². The molecule has 0 aliphatic carbocycles. The Hall–Kier alpha value is -1.42. The van der Waals surface area contributed by atoms with Crippen LogP contribution in [0, 0.1) is 0 Å². The SMILES string of the molecule is CNCc1nc(C(C)C)ncc1N1CC=CCC1. The summed E-state index contributed by atoms with van der Waals surface area (Å²) in [4.78, 5) is 11.5.